The Bertz CT molecular complexity index is 1240. The molecular weight excluding hydrogens is 368 g/mol. The summed E-state index contributed by atoms with van der Waals surface area (Å²) in [5, 5.41) is 4.03. The number of nitrogens with zero attached hydrogens (tertiary/aromatic N) is 1. The van der Waals surface area contributed by atoms with E-state index in [-0.39, 0.29) is 11.9 Å². The summed E-state index contributed by atoms with van der Waals surface area (Å²) >= 11 is 0. The summed E-state index contributed by atoms with van der Waals surface area (Å²) in [5.41, 5.74) is 8.03. The standard InChI is InChI=1S/C27H26N2O/c1-17-8-7-9-22(14-17)26-16-24(23-10-5-6-11-25(23)29-26)27(30)28-20(4)21-13-12-18(2)19(3)15-21/h5-16,20H,1-4H3,(H,28,30). The highest BCUT2D eigenvalue weighted by Crippen LogP contribution is 2.26. The van der Waals surface area contributed by atoms with Crippen molar-refractivity contribution in [3.63, 3.8) is 0 Å². The summed E-state index contributed by atoms with van der Waals surface area (Å²) in [6.07, 6.45) is 0. The third kappa shape index (κ3) is 3.97. The maximum absolute atomic E-state index is 13.3. The van der Waals surface area contributed by atoms with Crippen molar-refractivity contribution < 1.29 is 4.79 Å². The molecule has 0 spiro atoms. The monoisotopic (exact) mass is 394 g/mol. The Balaban J connectivity index is 1.73. The van der Waals surface area contributed by atoms with E-state index in [1.807, 2.05) is 49.4 Å². The normalized spacial score (nSPS) is 12.0. The summed E-state index contributed by atoms with van der Waals surface area (Å²) in [4.78, 5) is 18.1. The van der Waals surface area contributed by atoms with Gasteiger partial charge in [-0.15, -0.1) is 0 Å². The first-order valence-electron chi connectivity index (χ1n) is 10.3. The van der Waals surface area contributed by atoms with Crippen LogP contribution in [0.15, 0.2) is 72.8 Å². The Hall–Kier alpha value is -3.46. The molecule has 0 radical (unpaired) electrons. The molecule has 0 bridgehead atoms. The number of rotatable bonds is 4. The van der Waals surface area contributed by atoms with Crippen LogP contribution in [0.1, 0.15) is 45.6 Å². The molecule has 1 atom stereocenters. The zero-order valence-corrected chi connectivity index (χ0v) is 17.9. The number of carbonyl (C=O) groups excluding carboxylic acids is 1. The average Bonchev–Trinajstić information content (AvgIpc) is 2.74. The number of aromatic nitrogens is 1. The molecule has 3 nitrogen and oxygen atoms in total. The number of hydrogen-bond donors (Lipinski definition) is 1. The molecule has 0 fully saturated rings. The third-order valence-electron chi connectivity index (χ3n) is 5.65. The molecule has 0 aliphatic carbocycles. The molecule has 30 heavy (non-hydrogen) atoms. The SMILES string of the molecule is Cc1cccc(-c2cc(C(=O)NC(C)c3ccc(C)c(C)c3)c3ccccc3n2)c1. The minimum absolute atomic E-state index is 0.0896. The van der Waals surface area contributed by atoms with Gasteiger partial charge in [0.1, 0.15) is 0 Å². The first-order valence-corrected chi connectivity index (χ1v) is 10.3. The predicted octanol–water partition coefficient (Wildman–Crippen LogP) is 6.32. The summed E-state index contributed by atoms with van der Waals surface area (Å²) < 4.78 is 0. The lowest BCUT2D eigenvalue weighted by molar-refractivity contribution is 0.0941. The van der Waals surface area contributed by atoms with Gasteiger partial charge in [0, 0.05) is 10.9 Å². The van der Waals surface area contributed by atoms with Gasteiger partial charge in [0.25, 0.3) is 5.91 Å². The zero-order chi connectivity index (χ0) is 21.3. The molecule has 3 aromatic carbocycles. The topological polar surface area (TPSA) is 42.0 Å². The minimum atomic E-state index is -0.0915. The molecule has 3 heteroatoms. The Morgan fingerprint density at radius 2 is 1.67 bits per heavy atom. The molecule has 0 saturated heterocycles. The summed E-state index contributed by atoms with van der Waals surface area (Å²) in [5.74, 6) is -0.0896. The van der Waals surface area contributed by atoms with Gasteiger partial charge in [0.05, 0.1) is 22.8 Å². The van der Waals surface area contributed by atoms with Crippen molar-refractivity contribution in [1.82, 2.24) is 10.3 Å². The Morgan fingerprint density at radius 3 is 2.43 bits per heavy atom. The van der Waals surface area contributed by atoms with Crippen molar-refractivity contribution in [2.45, 2.75) is 33.7 Å². The molecule has 4 aromatic rings. The molecule has 1 aromatic heterocycles. The van der Waals surface area contributed by atoms with Crippen LogP contribution in [-0.4, -0.2) is 10.9 Å². The highest BCUT2D eigenvalue weighted by molar-refractivity contribution is 6.07. The Kier molecular flexibility index (Phi) is 5.37. The fourth-order valence-electron chi connectivity index (χ4n) is 3.71. The van der Waals surface area contributed by atoms with Crippen LogP contribution in [0.25, 0.3) is 22.2 Å². The van der Waals surface area contributed by atoms with E-state index in [0.29, 0.717) is 5.56 Å². The third-order valence-corrected chi connectivity index (χ3v) is 5.65. The molecule has 1 heterocycles. The van der Waals surface area contributed by atoms with Crippen LogP contribution in [0.4, 0.5) is 0 Å². The molecule has 0 saturated carbocycles. The van der Waals surface area contributed by atoms with Crippen LogP contribution in [-0.2, 0) is 0 Å². The average molecular weight is 395 g/mol. The van der Waals surface area contributed by atoms with Gasteiger partial charge in [0.15, 0.2) is 0 Å². The Labute approximate surface area is 177 Å². The maximum atomic E-state index is 13.3. The number of amides is 1. The number of para-hydroxylation sites is 1. The number of aryl methyl sites for hydroxylation is 3. The number of benzene rings is 3. The number of pyridine rings is 1. The lowest BCUT2D eigenvalue weighted by atomic mass is 10.0. The summed E-state index contributed by atoms with van der Waals surface area (Å²) in [6, 6.07) is 24.1. The molecular formula is C27H26N2O. The van der Waals surface area contributed by atoms with Crippen molar-refractivity contribution in [3.8, 4) is 11.3 Å². The van der Waals surface area contributed by atoms with Gasteiger partial charge >= 0.3 is 0 Å². The van der Waals surface area contributed by atoms with Crippen LogP contribution in [0.5, 0.6) is 0 Å². The number of nitrogens with one attached hydrogen (secondary N) is 1. The Morgan fingerprint density at radius 1 is 0.867 bits per heavy atom. The largest absolute Gasteiger partial charge is 0.345 e. The number of carbonyl (C=O) groups is 1. The molecule has 0 aliphatic rings. The van der Waals surface area contributed by atoms with E-state index in [2.05, 4.69) is 56.4 Å². The van der Waals surface area contributed by atoms with Crippen molar-refractivity contribution in [3.05, 3.63) is 101 Å². The van der Waals surface area contributed by atoms with E-state index in [4.69, 9.17) is 4.98 Å². The van der Waals surface area contributed by atoms with Gasteiger partial charge in [-0.2, -0.15) is 0 Å². The molecule has 1 amide bonds. The van der Waals surface area contributed by atoms with Gasteiger partial charge < -0.3 is 5.32 Å². The smallest absolute Gasteiger partial charge is 0.252 e. The molecule has 0 aliphatic heterocycles. The van der Waals surface area contributed by atoms with Crippen LogP contribution < -0.4 is 5.32 Å². The van der Waals surface area contributed by atoms with E-state index in [1.165, 1.54) is 11.1 Å². The zero-order valence-electron chi connectivity index (χ0n) is 17.9. The maximum Gasteiger partial charge on any atom is 0.252 e. The van der Waals surface area contributed by atoms with Crippen LogP contribution in [0.2, 0.25) is 0 Å². The molecule has 4 rings (SSSR count). The first-order chi connectivity index (χ1) is 14.4. The molecule has 1 unspecified atom stereocenters. The quantitative estimate of drug-likeness (QED) is 0.440. The fourth-order valence-corrected chi connectivity index (χ4v) is 3.71. The van der Waals surface area contributed by atoms with Gasteiger partial charge in [-0.25, -0.2) is 4.98 Å². The lowest BCUT2D eigenvalue weighted by Crippen LogP contribution is -2.27. The van der Waals surface area contributed by atoms with E-state index in [0.717, 1.165) is 33.3 Å². The van der Waals surface area contributed by atoms with Crippen molar-refractivity contribution >= 4 is 16.8 Å². The van der Waals surface area contributed by atoms with E-state index >= 15 is 0 Å². The van der Waals surface area contributed by atoms with E-state index in [9.17, 15) is 4.79 Å². The van der Waals surface area contributed by atoms with Crippen molar-refractivity contribution in [2.24, 2.45) is 0 Å². The molecule has 1 N–H and O–H groups in total. The highest BCUT2D eigenvalue weighted by Gasteiger charge is 2.17. The van der Waals surface area contributed by atoms with E-state index in [1.54, 1.807) is 0 Å². The van der Waals surface area contributed by atoms with Crippen molar-refractivity contribution in [1.29, 1.82) is 0 Å². The summed E-state index contributed by atoms with van der Waals surface area (Å²) in [7, 11) is 0. The van der Waals surface area contributed by atoms with Gasteiger partial charge in [-0.3, -0.25) is 4.79 Å². The second-order valence-corrected chi connectivity index (χ2v) is 7.98. The predicted molar refractivity (Wildman–Crippen MR) is 124 cm³/mol. The highest BCUT2D eigenvalue weighted by atomic mass is 16.1. The van der Waals surface area contributed by atoms with Gasteiger partial charge in [-0.1, -0.05) is 60.2 Å². The van der Waals surface area contributed by atoms with Crippen molar-refractivity contribution in [2.75, 3.05) is 0 Å². The second kappa shape index (κ2) is 8.11. The van der Waals surface area contributed by atoms with Gasteiger partial charge in [-0.05, 0) is 62.6 Å². The summed E-state index contributed by atoms with van der Waals surface area (Å²) in [6.45, 7) is 8.27. The van der Waals surface area contributed by atoms with Crippen LogP contribution >= 0.6 is 0 Å². The van der Waals surface area contributed by atoms with E-state index < -0.39 is 0 Å². The fraction of sp³-hybridized carbons (Fsp3) is 0.185. The number of hydrogen-bond acceptors (Lipinski definition) is 2. The molecule has 150 valence electrons. The second-order valence-electron chi connectivity index (χ2n) is 7.98. The lowest BCUT2D eigenvalue weighted by Gasteiger charge is -2.17. The minimum Gasteiger partial charge on any atom is -0.345 e. The number of fused-ring (bicyclic) bond motifs is 1. The van der Waals surface area contributed by atoms with Crippen LogP contribution in [0, 0.1) is 20.8 Å². The van der Waals surface area contributed by atoms with Crippen LogP contribution in [0.3, 0.4) is 0 Å². The first kappa shape index (κ1) is 19.8. The van der Waals surface area contributed by atoms with Gasteiger partial charge in [0.2, 0.25) is 0 Å².